The molecule has 2 unspecified atom stereocenters. The monoisotopic (exact) mass is 598 g/mol. The Bertz CT molecular complexity index is 1650. The summed E-state index contributed by atoms with van der Waals surface area (Å²) in [5.74, 6) is 1.95. The molecule has 0 saturated carbocycles. The van der Waals surface area contributed by atoms with Crippen LogP contribution in [0.4, 0.5) is 0 Å². The summed E-state index contributed by atoms with van der Waals surface area (Å²) in [6, 6.07) is 34.7. The second kappa shape index (κ2) is 12.7. The number of nitrogens with zero attached hydrogens (tertiary/aromatic N) is 2. The van der Waals surface area contributed by atoms with Crippen LogP contribution >= 0.6 is 28.7 Å². The van der Waals surface area contributed by atoms with Crippen LogP contribution in [-0.4, -0.2) is 21.5 Å². The Morgan fingerprint density at radius 2 is 1.07 bits per heavy atom. The van der Waals surface area contributed by atoms with Gasteiger partial charge in [0.1, 0.15) is 11.5 Å². The highest BCUT2D eigenvalue weighted by molar-refractivity contribution is 8.00. The maximum absolute atomic E-state index is 10.7. The Morgan fingerprint density at radius 3 is 1.63 bits per heavy atom. The van der Waals surface area contributed by atoms with Crippen molar-refractivity contribution < 1.29 is 23.0 Å². The summed E-state index contributed by atoms with van der Waals surface area (Å²) in [5, 5.41) is 4.10. The van der Waals surface area contributed by atoms with Crippen molar-refractivity contribution in [3.63, 3.8) is 0 Å². The maximum atomic E-state index is 10.7. The fraction of sp³-hybridized carbons (Fsp3) is 0.0323. The van der Waals surface area contributed by atoms with Crippen LogP contribution in [0.15, 0.2) is 131 Å². The van der Waals surface area contributed by atoms with E-state index in [0.29, 0.717) is 17.4 Å². The van der Waals surface area contributed by atoms with Gasteiger partial charge in [-0.15, -0.1) is 0 Å². The minimum atomic E-state index is -2.29. The molecule has 0 aliphatic rings. The first-order valence-corrected chi connectivity index (χ1v) is 16.2. The van der Waals surface area contributed by atoms with Crippen molar-refractivity contribution in [2.24, 2.45) is 0 Å². The molecule has 4 aromatic carbocycles. The van der Waals surface area contributed by atoms with Crippen LogP contribution < -0.4 is 18.1 Å². The molecule has 0 aliphatic carbocycles. The average molecular weight is 599 g/mol. The van der Waals surface area contributed by atoms with E-state index in [9.17, 15) is 4.89 Å². The van der Waals surface area contributed by atoms with Gasteiger partial charge in [0.05, 0.1) is 9.79 Å². The molecule has 2 atom stereocenters. The fourth-order valence-corrected chi connectivity index (χ4v) is 6.98. The van der Waals surface area contributed by atoms with Crippen molar-refractivity contribution in [3.8, 4) is 23.3 Å². The second-order valence-corrected chi connectivity index (χ2v) is 11.8. The van der Waals surface area contributed by atoms with E-state index in [2.05, 4.69) is 22.1 Å². The lowest BCUT2D eigenvalue weighted by Crippen LogP contribution is -1.98. The van der Waals surface area contributed by atoms with E-state index in [1.54, 1.807) is 36.7 Å². The number of pyridine rings is 2. The van der Waals surface area contributed by atoms with Crippen molar-refractivity contribution in [1.29, 1.82) is 0 Å². The van der Waals surface area contributed by atoms with E-state index >= 15 is 0 Å². The lowest BCUT2D eigenvalue weighted by Gasteiger charge is -2.20. The zero-order valence-electron chi connectivity index (χ0n) is 21.8. The van der Waals surface area contributed by atoms with Crippen molar-refractivity contribution >= 4 is 50.3 Å². The number of hydrogen-bond acceptors (Lipinski definition) is 8. The predicted molar refractivity (Wildman–Crippen MR) is 165 cm³/mol. The van der Waals surface area contributed by atoms with Gasteiger partial charge in [-0.05, 0) is 45.8 Å². The van der Waals surface area contributed by atoms with Gasteiger partial charge < -0.3 is 23.0 Å². The van der Waals surface area contributed by atoms with Gasteiger partial charge in [-0.3, -0.25) is 0 Å². The van der Waals surface area contributed by atoms with Gasteiger partial charge in [0, 0.05) is 31.2 Å². The molecule has 0 spiro atoms. The predicted octanol–water partition coefficient (Wildman–Crippen LogP) is 9.01. The first-order valence-electron chi connectivity index (χ1n) is 12.6. The molecule has 7 nitrogen and oxygen atoms in total. The van der Waals surface area contributed by atoms with Crippen LogP contribution in [0.1, 0.15) is 0 Å². The highest BCUT2D eigenvalue weighted by Gasteiger charge is 2.21. The van der Waals surface area contributed by atoms with E-state index in [1.807, 2.05) is 79.5 Å². The van der Waals surface area contributed by atoms with Crippen molar-refractivity contribution in [2.75, 3.05) is 6.66 Å². The number of rotatable bonds is 10. The molecular formula is C31H24N2O5P2S. The molecule has 0 fully saturated rings. The third-order valence-electron chi connectivity index (χ3n) is 5.96. The van der Waals surface area contributed by atoms with E-state index < -0.39 is 17.0 Å². The SMILES string of the molecule is CP(Oc1ccccn1)Oc1ccc2ccccc2c1Sc1c(OP(O)Oc2ccccn2)ccc2ccccc12. The van der Waals surface area contributed by atoms with Gasteiger partial charge in [0.25, 0.3) is 8.38 Å². The molecule has 204 valence electrons. The smallest absolute Gasteiger partial charge is 0.437 e. The highest BCUT2D eigenvalue weighted by Crippen LogP contribution is 2.51. The van der Waals surface area contributed by atoms with Crippen LogP contribution in [0.3, 0.4) is 0 Å². The van der Waals surface area contributed by atoms with E-state index in [-0.39, 0.29) is 5.88 Å². The zero-order valence-corrected chi connectivity index (χ0v) is 24.4. The quantitative estimate of drug-likeness (QED) is 0.157. The largest absolute Gasteiger partial charge is 0.461 e. The molecular weight excluding hydrogens is 574 g/mol. The van der Waals surface area contributed by atoms with Crippen molar-refractivity contribution in [1.82, 2.24) is 9.97 Å². The maximum Gasteiger partial charge on any atom is 0.461 e. The summed E-state index contributed by atoms with van der Waals surface area (Å²) in [6.45, 7) is 1.90. The lowest BCUT2D eigenvalue weighted by atomic mass is 10.1. The Kier molecular flexibility index (Phi) is 8.45. The summed E-state index contributed by atoms with van der Waals surface area (Å²) in [7, 11) is -3.63. The molecule has 2 aromatic heterocycles. The van der Waals surface area contributed by atoms with E-state index in [4.69, 9.17) is 18.1 Å². The third-order valence-corrected chi connectivity index (χ3v) is 8.81. The van der Waals surface area contributed by atoms with E-state index in [1.165, 1.54) is 11.8 Å². The van der Waals surface area contributed by atoms with Crippen LogP contribution in [0.5, 0.6) is 23.3 Å². The molecule has 6 rings (SSSR count). The summed E-state index contributed by atoms with van der Waals surface area (Å²) in [5.41, 5.74) is 0. The topological polar surface area (TPSA) is 82.9 Å². The van der Waals surface area contributed by atoms with Crippen molar-refractivity contribution in [2.45, 2.75) is 9.79 Å². The van der Waals surface area contributed by atoms with Crippen molar-refractivity contribution in [3.05, 3.63) is 122 Å². The molecule has 0 bridgehead atoms. The molecule has 0 amide bonds. The van der Waals surface area contributed by atoms with Gasteiger partial charge in [0.15, 0.2) is 0 Å². The number of fused-ring (bicyclic) bond motifs is 2. The molecule has 0 saturated heterocycles. The standard InChI is InChI=1S/C31H24N2O5P2S/c1-39(37-28-14-6-8-20-32-28)35-26-18-16-22-10-2-4-12-24(22)30(26)41-31-25-13-5-3-11-23(25)17-19-27(31)36-40(34)38-29-15-7-9-21-33-29/h2-21,34H,1H3. The zero-order chi connectivity index (χ0) is 28.0. The van der Waals surface area contributed by atoms with Gasteiger partial charge >= 0.3 is 8.60 Å². The van der Waals surface area contributed by atoms with Crippen LogP contribution in [0, 0.1) is 0 Å². The Balaban J connectivity index is 1.38. The minimum absolute atomic E-state index is 0.282. The molecule has 10 heteroatoms. The van der Waals surface area contributed by atoms with Crippen LogP contribution in [0.2, 0.25) is 0 Å². The summed E-state index contributed by atoms with van der Waals surface area (Å²) < 4.78 is 24.0. The first kappa shape index (κ1) is 27.3. The number of aromatic nitrogens is 2. The Labute approximate surface area is 244 Å². The molecule has 0 radical (unpaired) electrons. The van der Waals surface area contributed by atoms with Gasteiger partial charge in [-0.1, -0.05) is 84.6 Å². The summed E-state index contributed by atoms with van der Waals surface area (Å²) in [4.78, 5) is 20.8. The molecule has 2 heterocycles. The highest BCUT2D eigenvalue weighted by atomic mass is 32.2. The molecule has 1 N–H and O–H groups in total. The summed E-state index contributed by atoms with van der Waals surface area (Å²) in [6.07, 6.45) is 3.28. The van der Waals surface area contributed by atoms with Crippen LogP contribution in [-0.2, 0) is 0 Å². The number of benzene rings is 4. The summed E-state index contributed by atoms with van der Waals surface area (Å²) >= 11 is 1.51. The van der Waals surface area contributed by atoms with E-state index in [0.717, 1.165) is 31.3 Å². The third kappa shape index (κ3) is 6.53. The van der Waals surface area contributed by atoms with Gasteiger partial charge in [0.2, 0.25) is 11.8 Å². The normalized spacial score (nSPS) is 12.5. The second-order valence-electron chi connectivity index (χ2n) is 8.71. The lowest BCUT2D eigenvalue weighted by molar-refractivity contribution is 0.373. The minimum Gasteiger partial charge on any atom is -0.437 e. The Hall–Kier alpha value is -3.93. The fourth-order valence-electron chi connectivity index (χ4n) is 4.18. The van der Waals surface area contributed by atoms with Crippen LogP contribution in [0.25, 0.3) is 21.5 Å². The first-order chi connectivity index (χ1) is 20.1. The Morgan fingerprint density at radius 1 is 0.561 bits per heavy atom. The molecule has 41 heavy (non-hydrogen) atoms. The molecule has 0 aliphatic heterocycles. The number of hydrogen-bond donors (Lipinski definition) is 1. The average Bonchev–Trinajstić information content (AvgIpc) is 3.00. The molecule has 6 aromatic rings. The van der Waals surface area contributed by atoms with Gasteiger partial charge in [-0.2, -0.15) is 0 Å². The van der Waals surface area contributed by atoms with Gasteiger partial charge in [-0.25, -0.2) is 9.97 Å².